The molecule has 2 bridgehead atoms. The van der Waals surface area contributed by atoms with E-state index in [1.54, 1.807) is 26.4 Å². The Balaban J connectivity index is 1.73. The van der Waals surface area contributed by atoms with E-state index in [0.717, 1.165) is 17.4 Å². The van der Waals surface area contributed by atoms with Crippen LogP contribution in [0.1, 0.15) is 48.5 Å². The summed E-state index contributed by atoms with van der Waals surface area (Å²) >= 11 is 0. The van der Waals surface area contributed by atoms with Gasteiger partial charge < -0.3 is 14.8 Å². The molecule has 1 N–H and O–H groups in total. The van der Waals surface area contributed by atoms with Crippen LogP contribution in [-0.4, -0.2) is 26.2 Å². The highest BCUT2D eigenvalue weighted by atomic mass is 16.5. The third kappa shape index (κ3) is 3.04. The van der Waals surface area contributed by atoms with Crippen molar-refractivity contribution in [1.82, 2.24) is 5.32 Å². The van der Waals surface area contributed by atoms with Crippen molar-refractivity contribution in [2.45, 2.75) is 45.6 Å². The third-order valence-corrected chi connectivity index (χ3v) is 5.81. The minimum absolute atomic E-state index is 0.0446. The first-order valence-corrected chi connectivity index (χ1v) is 8.57. The first-order valence-electron chi connectivity index (χ1n) is 8.57. The lowest BCUT2D eigenvalue weighted by atomic mass is 9.84. The standard InChI is InChI=1S/C19H27NO3/c1-11-17(22-3)9-15(10-18(11)23-4)19(21)20-12(2)16-8-13-5-6-14(16)7-13/h9-10,12-14,16H,5-8H2,1-4H3,(H,20,21). The van der Waals surface area contributed by atoms with Crippen molar-refractivity contribution in [3.8, 4) is 11.5 Å². The van der Waals surface area contributed by atoms with E-state index in [4.69, 9.17) is 9.47 Å². The van der Waals surface area contributed by atoms with Crippen LogP contribution in [0.25, 0.3) is 0 Å². The van der Waals surface area contributed by atoms with Crippen molar-refractivity contribution < 1.29 is 14.3 Å². The largest absolute Gasteiger partial charge is 0.496 e. The van der Waals surface area contributed by atoms with Crippen molar-refractivity contribution in [2.24, 2.45) is 17.8 Å². The number of rotatable bonds is 5. The molecule has 1 aromatic carbocycles. The lowest BCUT2D eigenvalue weighted by molar-refractivity contribution is 0.0914. The zero-order valence-corrected chi connectivity index (χ0v) is 14.5. The van der Waals surface area contributed by atoms with E-state index in [0.29, 0.717) is 23.0 Å². The Morgan fingerprint density at radius 3 is 2.30 bits per heavy atom. The zero-order chi connectivity index (χ0) is 16.6. The summed E-state index contributed by atoms with van der Waals surface area (Å²) in [6.45, 7) is 4.07. The van der Waals surface area contributed by atoms with Crippen LogP contribution in [0.5, 0.6) is 11.5 Å². The van der Waals surface area contributed by atoms with E-state index < -0.39 is 0 Å². The van der Waals surface area contributed by atoms with Gasteiger partial charge in [-0.3, -0.25) is 4.79 Å². The van der Waals surface area contributed by atoms with Gasteiger partial charge in [-0.05, 0) is 63.0 Å². The molecule has 2 aliphatic carbocycles. The second-order valence-electron chi connectivity index (χ2n) is 7.11. The normalized spacial score (nSPS) is 26.9. The zero-order valence-electron chi connectivity index (χ0n) is 14.5. The van der Waals surface area contributed by atoms with Crippen LogP contribution in [0.15, 0.2) is 12.1 Å². The minimum Gasteiger partial charge on any atom is -0.496 e. The average molecular weight is 317 g/mol. The van der Waals surface area contributed by atoms with Gasteiger partial charge in [0.1, 0.15) is 11.5 Å². The van der Waals surface area contributed by atoms with Crippen LogP contribution >= 0.6 is 0 Å². The second-order valence-corrected chi connectivity index (χ2v) is 7.11. The molecule has 4 atom stereocenters. The van der Waals surface area contributed by atoms with E-state index in [2.05, 4.69) is 12.2 Å². The number of carbonyl (C=O) groups excluding carboxylic acids is 1. The molecule has 2 aliphatic rings. The molecule has 0 saturated heterocycles. The fraction of sp³-hybridized carbons (Fsp3) is 0.632. The maximum atomic E-state index is 12.6. The highest BCUT2D eigenvalue weighted by molar-refractivity contribution is 5.95. The Hall–Kier alpha value is -1.71. The van der Waals surface area contributed by atoms with Crippen molar-refractivity contribution in [3.63, 3.8) is 0 Å². The molecule has 23 heavy (non-hydrogen) atoms. The number of ether oxygens (including phenoxy) is 2. The Kier molecular flexibility index (Phi) is 4.51. The lowest BCUT2D eigenvalue weighted by Gasteiger charge is -2.28. The van der Waals surface area contributed by atoms with Crippen molar-refractivity contribution in [3.05, 3.63) is 23.3 Å². The predicted octanol–water partition coefficient (Wildman–Crippen LogP) is 3.57. The van der Waals surface area contributed by atoms with Crippen LogP contribution in [0, 0.1) is 24.7 Å². The fourth-order valence-electron chi connectivity index (χ4n) is 4.52. The van der Waals surface area contributed by atoms with Crippen LogP contribution in [0.2, 0.25) is 0 Å². The number of fused-ring (bicyclic) bond motifs is 2. The molecule has 3 rings (SSSR count). The maximum absolute atomic E-state index is 12.6. The quantitative estimate of drug-likeness (QED) is 0.903. The molecule has 4 nitrogen and oxygen atoms in total. The minimum atomic E-state index is -0.0446. The molecule has 126 valence electrons. The van der Waals surface area contributed by atoms with Gasteiger partial charge in [-0.1, -0.05) is 6.42 Å². The topological polar surface area (TPSA) is 47.6 Å². The lowest BCUT2D eigenvalue weighted by Crippen LogP contribution is -2.40. The Morgan fingerprint density at radius 1 is 1.17 bits per heavy atom. The summed E-state index contributed by atoms with van der Waals surface area (Å²) in [6, 6.07) is 3.80. The van der Waals surface area contributed by atoms with Crippen LogP contribution in [-0.2, 0) is 0 Å². The van der Waals surface area contributed by atoms with Crippen molar-refractivity contribution in [2.75, 3.05) is 14.2 Å². The summed E-state index contributed by atoms with van der Waals surface area (Å²) in [7, 11) is 3.22. The van der Waals surface area contributed by atoms with Gasteiger partial charge in [-0.2, -0.15) is 0 Å². The molecule has 4 heteroatoms. The number of carbonyl (C=O) groups is 1. The molecule has 0 heterocycles. The van der Waals surface area contributed by atoms with E-state index in [1.165, 1.54) is 25.7 Å². The molecule has 0 aromatic heterocycles. The molecule has 1 amide bonds. The number of hydrogen-bond acceptors (Lipinski definition) is 3. The molecule has 2 saturated carbocycles. The summed E-state index contributed by atoms with van der Waals surface area (Å²) in [5.41, 5.74) is 1.51. The van der Waals surface area contributed by atoms with E-state index in [1.807, 2.05) is 6.92 Å². The molecule has 0 radical (unpaired) electrons. The number of benzene rings is 1. The Morgan fingerprint density at radius 2 is 1.83 bits per heavy atom. The van der Waals surface area contributed by atoms with Gasteiger partial charge in [0.25, 0.3) is 5.91 Å². The summed E-state index contributed by atoms with van der Waals surface area (Å²) < 4.78 is 10.7. The van der Waals surface area contributed by atoms with E-state index >= 15 is 0 Å². The van der Waals surface area contributed by atoms with Crippen LogP contribution < -0.4 is 14.8 Å². The number of nitrogens with one attached hydrogen (secondary N) is 1. The van der Waals surface area contributed by atoms with Gasteiger partial charge in [0, 0.05) is 17.2 Å². The van der Waals surface area contributed by atoms with Gasteiger partial charge in [0.15, 0.2) is 0 Å². The van der Waals surface area contributed by atoms with E-state index in [-0.39, 0.29) is 11.9 Å². The number of amides is 1. The second kappa shape index (κ2) is 6.42. The number of hydrogen-bond donors (Lipinski definition) is 1. The highest BCUT2D eigenvalue weighted by Crippen LogP contribution is 2.49. The molecule has 0 aliphatic heterocycles. The van der Waals surface area contributed by atoms with E-state index in [9.17, 15) is 4.79 Å². The Bertz CT molecular complexity index is 573. The monoisotopic (exact) mass is 317 g/mol. The molecule has 2 fully saturated rings. The van der Waals surface area contributed by atoms with Gasteiger partial charge in [-0.15, -0.1) is 0 Å². The van der Waals surface area contributed by atoms with Crippen LogP contribution in [0.3, 0.4) is 0 Å². The predicted molar refractivity (Wildman–Crippen MR) is 90.1 cm³/mol. The van der Waals surface area contributed by atoms with Crippen molar-refractivity contribution in [1.29, 1.82) is 0 Å². The smallest absolute Gasteiger partial charge is 0.251 e. The third-order valence-electron chi connectivity index (χ3n) is 5.81. The Labute approximate surface area is 138 Å². The number of methoxy groups -OCH3 is 2. The average Bonchev–Trinajstić information content (AvgIpc) is 3.18. The summed E-state index contributed by atoms with van der Waals surface area (Å²) in [5, 5.41) is 3.20. The van der Waals surface area contributed by atoms with Gasteiger partial charge in [0.2, 0.25) is 0 Å². The van der Waals surface area contributed by atoms with Gasteiger partial charge in [0.05, 0.1) is 14.2 Å². The molecular weight excluding hydrogens is 290 g/mol. The highest BCUT2D eigenvalue weighted by Gasteiger charge is 2.42. The summed E-state index contributed by atoms with van der Waals surface area (Å²) in [4.78, 5) is 12.6. The molecule has 1 aromatic rings. The summed E-state index contributed by atoms with van der Waals surface area (Å²) in [6.07, 6.45) is 5.35. The first-order chi connectivity index (χ1) is 11.0. The van der Waals surface area contributed by atoms with Crippen molar-refractivity contribution >= 4 is 5.91 Å². The SMILES string of the molecule is COc1cc(C(=O)NC(C)C2CC3CCC2C3)cc(OC)c1C. The fourth-order valence-corrected chi connectivity index (χ4v) is 4.52. The molecule has 0 spiro atoms. The first kappa shape index (κ1) is 16.2. The molecular formula is C19H27NO3. The van der Waals surface area contributed by atoms with Gasteiger partial charge >= 0.3 is 0 Å². The van der Waals surface area contributed by atoms with Crippen LogP contribution in [0.4, 0.5) is 0 Å². The maximum Gasteiger partial charge on any atom is 0.251 e. The van der Waals surface area contributed by atoms with Gasteiger partial charge in [-0.25, -0.2) is 0 Å². The summed E-state index contributed by atoms with van der Waals surface area (Å²) in [5.74, 6) is 3.65. The molecule has 4 unspecified atom stereocenters.